The number of nitrogens with zero attached hydrogens (tertiary/aromatic N) is 2. The molecule has 1 aliphatic heterocycles. The maximum atomic E-state index is 4.32. The van der Waals surface area contributed by atoms with Gasteiger partial charge in [-0.2, -0.15) is 0 Å². The molecule has 2 aromatic heterocycles. The first kappa shape index (κ1) is 9.66. The van der Waals surface area contributed by atoms with Gasteiger partial charge in [-0.15, -0.1) is 0 Å². The Hall–Kier alpha value is -1.55. The molecule has 0 bridgehead atoms. The van der Waals surface area contributed by atoms with Crippen LogP contribution in [0.3, 0.4) is 0 Å². The van der Waals surface area contributed by atoms with E-state index in [-0.39, 0.29) is 0 Å². The van der Waals surface area contributed by atoms with E-state index in [4.69, 9.17) is 0 Å². The van der Waals surface area contributed by atoms with Gasteiger partial charge in [-0.3, -0.25) is 0 Å². The van der Waals surface area contributed by atoms with E-state index >= 15 is 0 Å². The molecule has 0 saturated heterocycles. The van der Waals surface area contributed by atoms with Gasteiger partial charge in [-0.1, -0.05) is 6.08 Å². The van der Waals surface area contributed by atoms with Gasteiger partial charge in [0.15, 0.2) is 7.98 Å². The Balaban J connectivity index is 2.06. The molecule has 2 aromatic rings. The Morgan fingerprint density at radius 2 is 2.38 bits per heavy atom. The van der Waals surface area contributed by atoms with E-state index in [2.05, 4.69) is 41.1 Å². The van der Waals surface area contributed by atoms with Crippen LogP contribution in [0.5, 0.6) is 0 Å². The lowest BCUT2D eigenvalue weighted by molar-refractivity contribution is 0.498. The minimum absolute atomic E-state index is 0.984. The third-order valence-electron chi connectivity index (χ3n) is 3.21. The topological polar surface area (TPSA) is 31.9 Å². The van der Waals surface area contributed by atoms with Gasteiger partial charge in [0.05, 0.1) is 0 Å². The first-order chi connectivity index (χ1) is 7.84. The zero-order chi connectivity index (χ0) is 11.0. The third-order valence-corrected chi connectivity index (χ3v) is 3.21. The number of aromatic amines is 1. The van der Waals surface area contributed by atoms with Crippen LogP contribution in [0, 0.1) is 0 Å². The highest BCUT2D eigenvalue weighted by molar-refractivity contribution is 6.05. The second kappa shape index (κ2) is 3.79. The third kappa shape index (κ3) is 1.55. The van der Waals surface area contributed by atoms with E-state index in [0.717, 1.165) is 25.2 Å². The molecule has 0 atom stereocenters. The molecule has 0 spiro atoms. The molecule has 0 amide bonds. The lowest BCUT2D eigenvalue weighted by Gasteiger charge is -2.22. The van der Waals surface area contributed by atoms with Crippen molar-refractivity contribution in [3.63, 3.8) is 0 Å². The largest absolute Gasteiger partial charge is 0.346 e. The van der Waals surface area contributed by atoms with Gasteiger partial charge in [0.2, 0.25) is 0 Å². The van der Waals surface area contributed by atoms with Crippen molar-refractivity contribution in [2.45, 2.75) is 6.42 Å². The first-order valence-electron chi connectivity index (χ1n) is 5.64. The van der Waals surface area contributed by atoms with E-state index in [9.17, 15) is 0 Å². The van der Waals surface area contributed by atoms with Crippen molar-refractivity contribution in [1.29, 1.82) is 0 Å². The second-order valence-electron chi connectivity index (χ2n) is 4.34. The summed E-state index contributed by atoms with van der Waals surface area (Å²) in [6.45, 7) is 2.18. The molecule has 3 rings (SSSR count). The standard InChI is InChI=1S/C12H14BN3/c13-16-6-3-9(4-7-16)11-8-15-12-10(11)2-1-5-14-12/h1-3,5,8H,4,6-7,13H2,(H,14,15). The van der Waals surface area contributed by atoms with Gasteiger partial charge >= 0.3 is 0 Å². The molecule has 16 heavy (non-hydrogen) atoms. The maximum Gasteiger partial charge on any atom is 0.185 e. The Labute approximate surface area is 95.6 Å². The molecule has 4 heteroatoms. The van der Waals surface area contributed by atoms with Crippen LogP contribution >= 0.6 is 0 Å². The number of rotatable bonds is 1. The molecule has 1 aliphatic rings. The molecule has 80 valence electrons. The molecule has 3 nitrogen and oxygen atoms in total. The summed E-state index contributed by atoms with van der Waals surface area (Å²) in [4.78, 5) is 9.88. The molecule has 1 N–H and O–H groups in total. The second-order valence-corrected chi connectivity index (χ2v) is 4.34. The van der Waals surface area contributed by atoms with Crippen LogP contribution in [0.1, 0.15) is 12.0 Å². The van der Waals surface area contributed by atoms with Crippen molar-refractivity contribution in [1.82, 2.24) is 14.8 Å². The van der Waals surface area contributed by atoms with Crippen molar-refractivity contribution in [3.05, 3.63) is 36.2 Å². The van der Waals surface area contributed by atoms with Crippen molar-refractivity contribution in [3.8, 4) is 0 Å². The highest BCUT2D eigenvalue weighted by Gasteiger charge is 2.12. The fourth-order valence-corrected chi connectivity index (χ4v) is 2.24. The Morgan fingerprint density at radius 1 is 1.44 bits per heavy atom. The smallest absolute Gasteiger partial charge is 0.185 e. The quantitative estimate of drug-likeness (QED) is 0.718. The fraction of sp³-hybridized carbons (Fsp3) is 0.250. The summed E-state index contributed by atoms with van der Waals surface area (Å²) in [5.74, 6) is 0. The Bertz CT molecular complexity index is 544. The predicted octanol–water partition coefficient (Wildman–Crippen LogP) is 1.20. The van der Waals surface area contributed by atoms with E-state index < -0.39 is 0 Å². The van der Waals surface area contributed by atoms with Crippen molar-refractivity contribution < 1.29 is 0 Å². The van der Waals surface area contributed by atoms with E-state index in [0.29, 0.717) is 0 Å². The summed E-state index contributed by atoms with van der Waals surface area (Å²) in [5, 5.41) is 1.23. The van der Waals surface area contributed by atoms with Gasteiger partial charge in [-0.05, 0) is 30.7 Å². The number of fused-ring (bicyclic) bond motifs is 1. The van der Waals surface area contributed by atoms with Crippen LogP contribution in [-0.2, 0) is 0 Å². The molecule has 0 radical (unpaired) electrons. The summed E-state index contributed by atoms with van der Waals surface area (Å²) >= 11 is 0. The normalized spacial score (nSPS) is 17.6. The van der Waals surface area contributed by atoms with E-state index in [1.165, 1.54) is 16.5 Å². The van der Waals surface area contributed by atoms with Gasteiger partial charge in [0.1, 0.15) is 5.65 Å². The zero-order valence-corrected chi connectivity index (χ0v) is 9.40. The van der Waals surface area contributed by atoms with Crippen LogP contribution in [-0.4, -0.2) is 35.8 Å². The Morgan fingerprint density at radius 3 is 3.19 bits per heavy atom. The van der Waals surface area contributed by atoms with Crippen LogP contribution in [0.2, 0.25) is 0 Å². The minimum atomic E-state index is 0.984. The van der Waals surface area contributed by atoms with Crippen LogP contribution in [0.4, 0.5) is 0 Å². The summed E-state index contributed by atoms with van der Waals surface area (Å²) in [5.41, 5.74) is 3.74. The van der Waals surface area contributed by atoms with E-state index in [1.807, 2.05) is 12.3 Å². The number of aromatic nitrogens is 2. The number of hydrogen-bond acceptors (Lipinski definition) is 2. The molecular weight excluding hydrogens is 197 g/mol. The van der Waals surface area contributed by atoms with Crippen molar-refractivity contribution in [2.75, 3.05) is 13.1 Å². The number of hydrogen-bond donors (Lipinski definition) is 1. The summed E-state index contributed by atoms with van der Waals surface area (Å²) in [6, 6.07) is 4.13. The summed E-state index contributed by atoms with van der Waals surface area (Å²) < 4.78 is 0. The number of H-pyrrole nitrogens is 1. The Kier molecular flexibility index (Phi) is 2.29. The number of pyridine rings is 1. The van der Waals surface area contributed by atoms with Crippen LogP contribution in [0.15, 0.2) is 30.6 Å². The van der Waals surface area contributed by atoms with Crippen LogP contribution < -0.4 is 0 Å². The highest BCUT2D eigenvalue weighted by atomic mass is 15.0. The van der Waals surface area contributed by atoms with Crippen molar-refractivity contribution in [2.24, 2.45) is 0 Å². The molecule has 0 aromatic carbocycles. The molecule has 0 unspecified atom stereocenters. The van der Waals surface area contributed by atoms with Crippen molar-refractivity contribution >= 4 is 24.6 Å². The summed E-state index contributed by atoms with van der Waals surface area (Å²) in [7, 11) is 2.16. The SMILES string of the molecule is BN1CC=C(c2c[nH]c3ncccc23)CC1. The van der Waals surface area contributed by atoms with Gasteiger partial charge in [0, 0.05) is 29.9 Å². The van der Waals surface area contributed by atoms with Crippen LogP contribution in [0.25, 0.3) is 16.6 Å². The fourth-order valence-electron chi connectivity index (χ4n) is 2.24. The molecule has 0 saturated carbocycles. The molecule has 0 aliphatic carbocycles. The van der Waals surface area contributed by atoms with Gasteiger partial charge in [-0.25, -0.2) is 4.98 Å². The monoisotopic (exact) mass is 211 g/mol. The average Bonchev–Trinajstić information content (AvgIpc) is 2.74. The molecule has 0 fully saturated rings. The lowest BCUT2D eigenvalue weighted by atomic mass is 9.98. The average molecular weight is 211 g/mol. The minimum Gasteiger partial charge on any atom is -0.346 e. The summed E-state index contributed by atoms with van der Waals surface area (Å²) in [6.07, 6.45) is 7.35. The lowest BCUT2D eigenvalue weighted by Crippen LogP contribution is -2.25. The van der Waals surface area contributed by atoms with Gasteiger partial charge < -0.3 is 9.79 Å². The van der Waals surface area contributed by atoms with Gasteiger partial charge in [0.25, 0.3) is 0 Å². The molecular formula is C12H14BN3. The van der Waals surface area contributed by atoms with E-state index in [1.54, 1.807) is 0 Å². The highest BCUT2D eigenvalue weighted by Crippen LogP contribution is 2.27. The number of nitrogens with one attached hydrogen (secondary N) is 1. The first-order valence-corrected chi connectivity index (χ1v) is 5.64. The molecule has 3 heterocycles. The predicted molar refractivity (Wildman–Crippen MR) is 68.8 cm³/mol. The zero-order valence-electron chi connectivity index (χ0n) is 9.40. The maximum absolute atomic E-state index is 4.32.